The lowest BCUT2D eigenvalue weighted by Gasteiger charge is -2.07. The molecular formula is C17H18O3S. The molecule has 110 valence electrons. The molecule has 0 bridgehead atoms. The smallest absolute Gasteiger partial charge is 0.307 e. The quantitative estimate of drug-likeness (QED) is 0.624. The zero-order valence-corrected chi connectivity index (χ0v) is 12.7. The second-order valence-electron chi connectivity index (χ2n) is 4.73. The van der Waals surface area contributed by atoms with Gasteiger partial charge in [-0.25, -0.2) is 0 Å². The first-order valence-electron chi connectivity index (χ1n) is 6.76. The van der Waals surface area contributed by atoms with E-state index in [9.17, 15) is 4.79 Å². The van der Waals surface area contributed by atoms with Gasteiger partial charge in [-0.15, -0.1) is 11.8 Å². The second kappa shape index (κ2) is 7.74. The molecule has 0 unspecified atom stereocenters. The largest absolute Gasteiger partial charge is 0.493 e. The first-order valence-corrected chi connectivity index (χ1v) is 7.75. The molecular weight excluding hydrogens is 284 g/mol. The lowest BCUT2D eigenvalue weighted by atomic mass is 10.2. The van der Waals surface area contributed by atoms with E-state index in [1.807, 2.05) is 55.5 Å². The SMILES string of the molecule is Cc1cccc(OCCSc2ccc(CC(=O)O)cc2)c1. The van der Waals surface area contributed by atoms with Crippen molar-refractivity contribution in [1.29, 1.82) is 0 Å². The van der Waals surface area contributed by atoms with Gasteiger partial charge in [0.1, 0.15) is 5.75 Å². The summed E-state index contributed by atoms with van der Waals surface area (Å²) in [6, 6.07) is 15.6. The lowest BCUT2D eigenvalue weighted by Crippen LogP contribution is -2.01. The van der Waals surface area contributed by atoms with Crippen LogP contribution in [0.2, 0.25) is 0 Å². The van der Waals surface area contributed by atoms with Crippen molar-refractivity contribution < 1.29 is 14.6 Å². The summed E-state index contributed by atoms with van der Waals surface area (Å²) in [6.45, 7) is 2.69. The maximum Gasteiger partial charge on any atom is 0.307 e. The van der Waals surface area contributed by atoms with Gasteiger partial charge in [0.2, 0.25) is 0 Å². The van der Waals surface area contributed by atoms with Crippen LogP contribution in [-0.4, -0.2) is 23.4 Å². The number of ether oxygens (including phenoxy) is 1. The maximum atomic E-state index is 10.6. The van der Waals surface area contributed by atoms with Crippen molar-refractivity contribution in [3.63, 3.8) is 0 Å². The lowest BCUT2D eigenvalue weighted by molar-refractivity contribution is -0.136. The molecule has 0 atom stereocenters. The van der Waals surface area contributed by atoms with Crippen molar-refractivity contribution in [3.8, 4) is 5.75 Å². The third kappa shape index (κ3) is 5.52. The average molecular weight is 302 g/mol. The van der Waals surface area contributed by atoms with Crippen LogP contribution in [0.1, 0.15) is 11.1 Å². The monoisotopic (exact) mass is 302 g/mol. The van der Waals surface area contributed by atoms with Crippen LogP contribution in [0.15, 0.2) is 53.4 Å². The molecule has 0 radical (unpaired) electrons. The first-order chi connectivity index (χ1) is 10.1. The van der Waals surface area contributed by atoms with Crippen molar-refractivity contribution in [2.75, 3.05) is 12.4 Å². The number of rotatable bonds is 7. The van der Waals surface area contributed by atoms with Crippen LogP contribution in [-0.2, 0) is 11.2 Å². The van der Waals surface area contributed by atoms with Gasteiger partial charge in [-0.3, -0.25) is 4.79 Å². The van der Waals surface area contributed by atoms with Crippen LogP contribution < -0.4 is 4.74 Å². The minimum Gasteiger partial charge on any atom is -0.493 e. The maximum absolute atomic E-state index is 10.6. The number of aliphatic carboxylic acids is 1. The Balaban J connectivity index is 1.74. The Morgan fingerprint density at radius 3 is 2.62 bits per heavy atom. The van der Waals surface area contributed by atoms with Crippen molar-refractivity contribution in [1.82, 2.24) is 0 Å². The molecule has 21 heavy (non-hydrogen) atoms. The van der Waals surface area contributed by atoms with Gasteiger partial charge in [0, 0.05) is 10.6 Å². The number of carboxylic acids is 1. The Hall–Kier alpha value is -1.94. The zero-order chi connectivity index (χ0) is 15.1. The Kier molecular flexibility index (Phi) is 5.69. The molecule has 0 saturated carbocycles. The summed E-state index contributed by atoms with van der Waals surface area (Å²) >= 11 is 1.70. The van der Waals surface area contributed by atoms with E-state index in [1.54, 1.807) is 11.8 Å². The third-order valence-electron chi connectivity index (χ3n) is 2.89. The Morgan fingerprint density at radius 1 is 1.19 bits per heavy atom. The number of benzene rings is 2. The molecule has 0 saturated heterocycles. The molecule has 0 aromatic heterocycles. The molecule has 0 fully saturated rings. The van der Waals surface area contributed by atoms with Crippen LogP contribution in [0.25, 0.3) is 0 Å². The van der Waals surface area contributed by atoms with E-state index < -0.39 is 5.97 Å². The number of carbonyl (C=O) groups is 1. The zero-order valence-electron chi connectivity index (χ0n) is 11.9. The highest BCUT2D eigenvalue weighted by atomic mass is 32.2. The van der Waals surface area contributed by atoms with Gasteiger partial charge >= 0.3 is 5.97 Å². The third-order valence-corrected chi connectivity index (χ3v) is 3.87. The fraction of sp³-hybridized carbons (Fsp3) is 0.235. The topological polar surface area (TPSA) is 46.5 Å². The van der Waals surface area contributed by atoms with E-state index in [1.165, 1.54) is 5.56 Å². The highest BCUT2D eigenvalue weighted by molar-refractivity contribution is 7.99. The van der Waals surface area contributed by atoms with E-state index in [0.29, 0.717) is 6.61 Å². The Morgan fingerprint density at radius 2 is 1.95 bits per heavy atom. The predicted octanol–water partition coefficient (Wildman–Crippen LogP) is 3.79. The summed E-state index contributed by atoms with van der Waals surface area (Å²) in [6.07, 6.45) is 0.0708. The van der Waals surface area contributed by atoms with Gasteiger partial charge in [0.05, 0.1) is 13.0 Å². The molecule has 0 aliphatic rings. The summed E-state index contributed by atoms with van der Waals surface area (Å²) in [4.78, 5) is 11.7. The number of aryl methyl sites for hydroxylation is 1. The molecule has 0 amide bonds. The fourth-order valence-corrected chi connectivity index (χ4v) is 2.63. The number of hydrogen-bond donors (Lipinski definition) is 1. The molecule has 1 N–H and O–H groups in total. The van der Waals surface area contributed by atoms with Crippen LogP contribution in [0.4, 0.5) is 0 Å². The van der Waals surface area contributed by atoms with Gasteiger partial charge < -0.3 is 9.84 Å². The minimum absolute atomic E-state index is 0.0708. The van der Waals surface area contributed by atoms with Crippen LogP contribution in [0, 0.1) is 6.92 Å². The molecule has 0 aliphatic carbocycles. The summed E-state index contributed by atoms with van der Waals surface area (Å²) in [5.74, 6) is 0.945. The van der Waals surface area contributed by atoms with Crippen LogP contribution in [0.5, 0.6) is 5.75 Å². The van der Waals surface area contributed by atoms with E-state index in [4.69, 9.17) is 9.84 Å². The molecule has 0 heterocycles. The number of hydrogen-bond acceptors (Lipinski definition) is 3. The normalized spacial score (nSPS) is 10.3. The first kappa shape index (κ1) is 15.4. The molecule has 2 aromatic rings. The van der Waals surface area contributed by atoms with Crippen LogP contribution in [0.3, 0.4) is 0 Å². The van der Waals surface area contributed by atoms with E-state index in [-0.39, 0.29) is 6.42 Å². The molecule has 0 spiro atoms. The molecule has 3 nitrogen and oxygen atoms in total. The standard InChI is InChI=1S/C17H18O3S/c1-13-3-2-4-15(11-13)20-9-10-21-16-7-5-14(6-8-16)12-17(18)19/h2-8,11H,9-10,12H2,1H3,(H,18,19). The van der Waals surface area contributed by atoms with Crippen molar-refractivity contribution in [2.45, 2.75) is 18.2 Å². The minimum atomic E-state index is -0.804. The summed E-state index contributed by atoms with van der Waals surface area (Å²) in [7, 11) is 0. The van der Waals surface area contributed by atoms with Gasteiger partial charge in [-0.05, 0) is 42.3 Å². The second-order valence-corrected chi connectivity index (χ2v) is 5.90. The summed E-state index contributed by atoms with van der Waals surface area (Å²) in [5, 5.41) is 8.72. The fourth-order valence-electron chi connectivity index (χ4n) is 1.90. The molecule has 2 aromatic carbocycles. The molecule has 4 heteroatoms. The number of carboxylic acid groups (broad SMARTS) is 1. The van der Waals surface area contributed by atoms with Crippen molar-refractivity contribution in [2.24, 2.45) is 0 Å². The highest BCUT2D eigenvalue weighted by Gasteiger charge is 2.01. The van der Waals surface area contributed by atoms with E-state index in [0.717, 1.165) is 22.0 Å². The average Bonchev–Trinajstić information content (AvgIpc) is 2.45. The van der Waals surface area contributed by atoms with E-state index >= 15 is 0 Å². The Labute approximate surface area is 129 Å². The van der Waals surface area contributed by atoms with Gasteiger partial charge in [0.25, 0.3) is 0 Å². The molecule has 0 aliphatic heterocycles. The predicted molar refractivity (Wildman–Crippen MR) is 85.2 cm³/mol. The van der Waals surface area contributed by atoms with Crippen LogP contribution >= 0.6 is 11.8 Å². The number of thioether (sulfide) groups is 1. The Bertz CT molecular complexity index is 593. The van der Waals surface area contributed by atoms with E-state index in [2.05, 4.69) is 0 Å². The molecule has 2 rings (SSSR count). The highest BCUT2D eigenvalue weighted by Crippen LogP contribution is 2.19. The van der Waals surface area contributed by atoms with Crippen molar-refractivity contribution >= 4 is 17.7 Å². The van der Waals surface area contributed by atoms with Gasteiger partial charge in [0.15, 0.2) is 0 Å². The van der Waals surface area contributed by atoms with Crippen molar-refractivity contribution in [3.05, 3.63) is 59.7 Å². The summed E-state index contributed by atoms with van der Waals surface area (Å²) < 4.78 is 5.69. The summed E-state index contributed by atoms with van der Waals surface area (Å²) in [5.41, 5.74) is 2.01. The van der Waals surface area contributed by atoms with Gasteiger partial charge in [-0.1, -0.05) is 24.3 Å². The van der Waals surface area contributed by atoms with Gasteiger partial charge in [-0.2, -0.15) is 0 Å².